The summed E-state index contributed by atoms with van der Waals surface area (Å²) in [6.07, 6.45) is 7.14. The van der Waals surface area contributed by atoms with Crippen LogP contribution in [0.2, 0.25) is 0 Å². The summed E-state index contributed by atoms with van der Waals surface area (Å²) in [5.74, 6) is 0. The quantitative estimate of drug-likeness (QED) is 0.770. The van der Waals surface area contributed by atoms with Gasteiger partial charge in [-0.2, -0.15) is 0 Å². The van der Waals surface area contributed by atoms with E-state index in [1.54, 1.807) is 0 Å². The Balaban J connectivity index is 2.07. The van der Waals surface area contributed by atoms with Gasteiger partial charge < -0.3 is 0 Å². The zero-order chi connectivity index (χ0) is 11.4. The fraction of sp³-hybridized carbons (Fsp3) is 0.643. The molecule has 2 nitrogen and oxygen atoms in total. The van der Waals surface area contributed by atoms with Gasteiger partial charge in [0.15, 0.2) is 0 Å². The molecule has 2 rings (SSSR count). The Morgan fingerprint density at radius 2 is 2.38 bits per heavy atom. The molecule has 0 radical (unpaired) electrons. The highest BCUT2D eigenvalue weighted by Crippen LogP contribution is 2.30. The first-order chi connectivity index (χ1) is 7.81. The minimum Gasteiger partial charge on any atom is -0.295 e. The number of rotatable bonds is 4. The van der Waals surface area contributed by atoms with Gasteiger partial charge >= 0.3 is 0 Å². The van der Waals surface area contributed by atoms with Crippen LogP contribution in [0.15, 0.2) is 18.3 Å². The molecule has 1 atom stereocenters. The summed E-state index contributed by atoms with van der Waals surface area (Å²) in [7, 11) is 0. The topological polar surface area (TPSA) is 16.1 Å². The van der Waals surface area contributed by atoms with Crippen molar-refractivity contribution in [2.24, 2.45) is 0 Å². The summed E-state index contributed by atoms with van der Waals surface area (Å²) in [5, 5.41) is 0. The highest BCUT2D eigenvalue weighted by atomic mass is 15.2. The molecule has 88 valence electrons. The number of unbranched alkanes of at least 4 members (excludes halogenated alkanes) is 1. The van der Waals surface area contributed by atoms with Crippen LogP contribution in [0, 0.1) is 6.92 Å². The fourth-order valence-electron chi connectivity index (χ4n) is 2.53. The highest BCUT2D eigenvalue weighted by Gasteiger charge is 2.26. The summed E-state index contributed by atoms with van der Waals surface area (Å²) in [4.78, 5) is 7.14. The molecule has 1 saturated heterocycles. The third kappa shape index (κ3) is 2.62. The molecule has 0 aliphatic carbocycles. The van der Waals surface area contributed by atoms with Crippen molar-refractivity contribution in [3.8, 4) is 0 Å². The van der Waals surface area contributed by atoms with Crippen molar-refractivity contribution in [1.82, 2.24) is 9.88 Å². The zero-order valence-corrected chi connectivity index (χ0v) is 10.4. The Kier molecular flexibility index (Phi) is 3.94. The van der Waals surface area contributed by atoms with E-state index < -0.39 is 0 Å². The van der Waals surface area contributed by atoms with Crippen molar-refractivity contribution in [2.45, 2.75) is 45.6 Å². The van der Waals surface area contributed by atoms with Gasteiger partial charge in [-0.05, 0) is 57.0 Å². The molecule has 0 amide bonds. The monoisotopic (exact) mass is 218 g/mol. The molecule has 1 aromatic rings. The maximum absolute atomic E-state index is 4.54. The second kappa shape index (κ2) is 5.44. The normalized spacial score (nSPS) is 21.5. The predicted molar refractivity (Wildman–Crippen MR) is 67.4 cm³/mol. The Hall–Kier alpha value is -0.890. The molecule has 1 fully saturated rings. The fourth-order valence-corrected chi connectivity index (χ4v) is 2.53. The van der Waals surface area contributed by atoms with Crippen LogP contribution in [0.3, 0.4) is 0 Å². The lowest BCUT2D eigenvalue weighted by Crippen LogP contribution is -2.25. The van der Waals surface area contributed by atoms with Gasteiger partial charge in [-0.3, -0.25) is 9.88 Å². The molecule has 1 aliphatic heterocycles. The van der Waals surface area contributed by atoms with Crippen molar-refractivity contribution in [2.75, 3.05) is 13.1 Å². The highest BCUT2D eigenvalue weighted by molar-refractivity contribution is 5.18. The molecule has 0 saturated carbocycles. The van der Waals surface area contributed by atoms with E-state index in [0.717, 1.165) is 0 Å². The van der Waals surface area contributed by atoms with Crippen LogP contribution in [0.4, 0.5) is 0 Å². The molecule has 0 spiro atoms. The minimum absolute atomic E-state index is 0.575. The first-order valence-corrected chi connectivity index (χ1v) is 6.48. The van der Waals surface area contributed by atoms with Crippen LogP contribution in [0.25, 0.3) is 0 Å². The second-order valence-corrected chi connectivity index (χ2v) is 4.81. The predicted octanol–water partition coefficient (Wildman–Crippen LogP) is 3.33. The van der Waals surface area contributed by atoms with Crippen LogP contribution >= 0.6 is 0 Å². The Labute approximate surface area is 98.7 Å². The zero-order valence-electron chi connectivity index (χ0n) is 10.4. The van der Waals surface area contributed by atoms with E-state index in [-0.39, 0.29) is 0 Å². The van der Waals surface area contributed by atoms with Gasteiger partial charge in [-0.25, -0.2) is 0 Å². The van der Waals surface area contributed by atoms with Gasteiger partial charge in [0.05, 0.1) is 11.7 Å². The largest absolute Gasteiger partial charge is 0.295 e. The maximum Gasteiger partial charge on any atom is 0.0578 e. The van der Waals surface area contributed by atoms with Crippen LogP contribution in [0.1, 0.15) is 49.9 Å². The molecular formula is C14H22N2. The number of hydrogen-bond acceptors (Lipinski definition) is 2. The Morgan fingerprint density at radius 3 is 3.12 bits per heavy atom. The smallest absolute Gasteiger partial charge is 0.0578 e. The van der Waals surface area contributed by atoms with Crippen LogP contribution in [-0.4, -0.2) is 23.0 Å². The van der Waals surface area contributed by atoms with Gasteiger partial charge in [-0.15, -0.1) is 0 Å². The molecule has 16 heavy (non-hydrogen) atoms. The van der Waals surface area contributed by atoms with Crippen molar-refractivity contribution in [3.05, 3.63) is 29.6 Å². The van der Waals surface area contributed by atoms with E-state index in [2.05, 4.69) is 35.9 Å². The lowest BCUT2D eigenvalue weighted by atomic mass is 10.1. The molecule has 2 heteroatoms. The second-order valence-electron chi connectivity index (χ2n) is 4.81. The van der Waals surface area contributed by atoms with E-state index in [1.807, 2.05) is 6.20 Å². The first-order valence-electron chi connectivity index (χ1n) is 6.48. The van der Waals surface area contributed by atoms with Crippen molar-refractivity contribution >= 4 is 0 Å². The summed E-state index contributed by atoms with van der Waals surface area (Å²) in [6.45, 7) is 6.89. The van der Waals surface area contributed by atoms with Crippen LogP contribution < -0.4 is 0 Å². The molecule has 0 aromatic carbocycles. The summed E-state index contributed by atoms with van der Waals surface area (Å²) in [6, 6.07) is 4.90. The Bertz CT molecular complexity index is 335. The van der Waals surface area contributed by atoms with E-state index in [0.29, 0.717) is 6.04 Å². The summed E-state index contributed by atoms with van der Waals surface area (Å²) >= 11 is 0. The summed E-state index contributed by atoms with van der Waals surface area (Å²) in [5.41, 5.74) is 2.60. The van der Waals surface area contributed by atoms with E-state index in [9.17, 15) is 0 Å². The molecule has 0 unspecified atom stereocenters. The third-order valence-corrected chi connectivity index (χ3v) is 3.44. The van der Waals surface area contributed by atoms with Crippen molar-refractivity contribution < 1.29 is 0 Å². The van der Waals surface area contributed by atoms with Crippen molar-refractivity contribution in [1.29, 1.82) is 0 Å². The third-order valence-electron chi connectivity index (χ3n) is 3.44. The molecule has 1 aliphatic rings. The number of aryl methyl sites for hydroxylation is 1. The van der Waals surface area contributed by atoms with E-state index >= 15 is 0 Å². The number of hydrogen-bond donors (Lipinski definition) is 0. The van der Waals surface area contributed by atoms with Gasteiger partial charge in [-0.1, -0.05) is 13.3 Å². The molecule has 1 aromatic heterocycles. The van der Waals surface area contributed by atoms with E-state index in [1.165, 1.54) is 50.0 Å². The molecule has 2 heterocycles. The SMILES string of the molecule is CCCCN1CCC[C@@H]1c1cc(C)ccn1. The number of aromatic nitrogens is 1. The molecule has 0 bridgehead atoms. The molecule has 0 N–H and O–H groups in total. The molecular weight excluding hydrogens is 196 g/mol. The van der Waals surface area contributed by atoms with Gasteiger partial charge in [0.2, 0.25) is 0 Å². The van der Waals surface area contributed by atoms with Gasteiger partial charge in [0, 0.05) is 6.20 Å². The maximum atomic E-state index is 4.54. The number of pyridine rings is 1. The van der Waals surface area contributed by atoms with Crippen LogP contribution in [-0.2, 0) is 0 Å². The van der Waals surface area contributed by atoms with E-state index in [4.69, 9.17) is 0 Å². The lowest BCUT2D eigenvalue weighted by molar-refractivity contribution is 0.249. The van der Waals surface area contributed by atoms with Crippen LogP contribution in [0.5, 0.6) is 0 Å². The average molecular weight is 218 g/mol. The Morgan fingerprint density at radius 1 is 1.50 bits per heavy atom. The van der Waals surface area contributed by atoms with Gasteiger partial charge in [0.1, 0.15) is 0 Å². The number of likely N-dealkylation sites (tertiary alicyclic amines) is 1. The van der Waals surface area contributed by atoms with Crippen molar-refractivity contribution in [3.63, 3.8) is 0 Å². The first kappa shape index (κ1) is 11.6. The minimum atomic E-state index is 0.575. The summed E-state index contributed by atoms with van der Waals surface area (Å²) < 4.78 is 0. The average Bonchev–Trinajstić information content (AvgIpc) is 2.74. The van der Waals surface area contributed by atoms with Gasteiger partial charge in [0.25, 0.3) is 0 Å². The number of nitrogens with zero attached hydrogens (tertiary/aromatic N) is 2. The lowest BCUT2D eigenvalue weighted by Gasteiger charge is -2.23. The standard InChI is InChI=1S/C14H22N2/c1-3-4-9-16-10-5-6-14(16)13-11-12(2)7-8-15-13/h7-8,11,14H,3-6,9-10H2,1-2H3/t14-/m1/s1.